The van der Waals surface area contributed by atoms with Crippen LogP contribution in [0.15, 0.2) is 104 Å². The summed E-state index contributed by atoms with van der Waals surface area (Å²) in [5, 5.41) is 11.6. The minimum atomic E-state index is -1.37. The number of aliphatic carboxylic acids is 1. The molecule has 15 heteroatoms. The van der Waals surface area contributed by atoms with Crippen LogP contribution in [0, 0.1) is 12.7 Å². The lowest BCUT2D eigenvalue weighted by Gasteiger charge is -2.32. The van der Waals surface area contributed by atoms with Crippen molar-refractivity contribution in [3.8, 4) is 56.1 Å². The molecule has 4 heterocycles. The number of para-hydroxylation sites is 1. The highest BCUT2D eigenvalue weighted by Crippen LogP contribution is 2.49. The van der Waals surface area contributed by atoms with Gasteiger partial charge in [0.05, 0.1) is 23.2 Å². The molecule has 3 aromatic heterocycles. The molecule has 0 radical (unpaired) electrons. The number of thiophene rings is 1. The molecular weight excluding hydrogens is 831 g/mol. The molecule has 0 saturated carbocycles. The summed E-state index contributed by atoms with van der Waals surface area (Å²) in [6.07, 6.45) is 1.60. The third kappa shape index (κ3) is 9.63. The van der Waals surface area contributed by atoms with Crippen LogP contribution >= 0.6 is 22.9 Å². The van der Waals surface area contributed by atoms with E-state index in [4.69, 9.17) is 30.5 Å². The van der Waals surface area contributed by atoms with Gasteiger partial charge >= 0.3 is 5.97 Å². The molecule has 1 N–H and O–H groups in total. The monoisotopic (exact) mass is 874 g/mol. The number of hydrogen-bond donors (Lipinski definition) is 1. The van der Waals surface area contributed by atoms with Gasteiger partial charge in [-0.25, -0.2) is 29.1 Å². The molecule has 62 heavy (non-hydrogen) atoms. The Morgan fingerprint density at radius 2 is 1.66 bits per heavy atom. The molecule has 0 amide bonds. The summed E-state index contributed by atoms with van der Waals surface area (Å²) in [6.45, 7) is 7.28. The quantitative estimate of drug-likeness (QED) is 0.0995. The van der Waals surface area contributed by atoms with Gasteiger partial charge in [0.1, 0.15) is 47.4 Å². The molecule has 1 saturated heterocycles. The normalized spacial score (nSPS) is 13.8. The number of methoxy groups -OCH3 is 1. The number of benzene rings is 4. The Kier molecular flexibility index (Phi) is 13.2. The van der Waals surface area contributed by atoms with E-state index < -0.39 is 12.1 Å². The summed E-state index contributed by atoms with van der Waals surface area (Å²) in [6, 6.07) is 26.4. The number of ether oxygens (including phenoxy) is 4. The van der Waals surface area contributed by atoms with Crippen LogP contribution in [-0.2, 0) is 17.8 Å². The topological polar surface area (TPSA) is 132 Å². The molecule has 1 aliphatic rings. The van der Waals surface area contributed by atoms with Gasteiger partial charge in [-0.15, -0.1) is 11.3 Å². The molecule has 0 aliphatic carbocycles. The second-order valence-corrected chi connectivity index (χ2v) is 16.2. The molecular formula is C47H44ClFN6O6S. The van der Waals surface area contributed by atoms with E-state index in [9.17, 15) is 14.3 Å². The number of carboxylic acid groups (broad SMARTS) is 1. The van der Waals surface area contributed by atoms with Crippen LogP contribution in [0.5, 0.6) is 23.1 Å². The summed E-state index contributed by atoms with van der Waals surface area (Å²) >= 11 is 8.42. The fourth-order valence-electron chi connectivity index (χ4n) is 7.29. The molecule has 8 rings (SSSR count). The van der Waals surface area contributed by atoms with Gasteiger partial charge < -0.3 is 29.0 Å². The Morgan fingerprint density at radius 3 is 2.42 bits per heavy atom. The van der Waals surface area contributed by atoms with Gasteiger partial charge in [0.2, 0.25) is 12.0 Å². The lowest BCUT2D eigenvalue weighted by Crippen LogP contribution is -2.45. The number of carbonyl (C=O) groups is 1. The van der Waals surface area contributed by atoms with Crippen molar-refractivity contribution in [3.05, 3.63) is 131 Å². The summed E-state index contributed by atoms with van der Waals surface area (Å²) in [5.74, 6) is 0.807. The highest BCUT2D eigenvalue weighted by atomic mass is 35.5. The van der Waals surface area contributed by atoms with Gasteiger partial charge in [0, 0.05) is 61.3 Å². The number of piperazine rings is 1. The first-order valence-corrected chi connectivity index (χ1v) is 21.3. The number of aromatic nitrogens is 4. The molecule has 0 spiro atoms. The number of hydrogen-bond acceptors (Lipinski definition) is 12. The largest absolute Gasteiger partial charge is 0.497 e. The van der Waals surface area contributed by atoms with E-state index in [1.807, 2.05) is 55.5 Å². The minimum Gasteiger partial charge on any atom is -0.497 e. The second kappa shape index (κ2) is 19.2. The van der Waals surface area contributed by atoms with E-state index in [1.165, 1.54) is 29.8 Å². The van der Waals surface area contributed by atoms with Crippen LogP contribution in [0.25, 0.3) is 43.2 Å². The number of halogens is 2. The van der Waals surface area contributed by atoms with E-state index in [0.29, 0.717) is 56.0 Å². The smallest absolute Gasteiger partial charge is 0.345 e. The first-order chi connectivity index (χ1) is 30.1. The molecule has 0 unspecified atom stereocenters. The number of nitrogens with zero attached hydrogens (tertiary/aromatic N) is 6. The first kappa shape index (κ1) is 42.5. The lowest BCUT2D eigenvalue weighted by molar-refractivity contribution is -0.145. The standard InChI is InChI=1S/C47H44ClFN6O6S/c1-29-36(16-17-38(42(29)48)59-25-24-55-22-20-54(2)21-23-55)40-41-45(51-28-52-46(41)62-43(40)30-8-12-33(49)13-9-30)61-39(47(56)57)26-32-6-4-5-7-37(32)60-27-34-18-19-50-44(53-34)31-10-14-35(58-3)15-11-31/h4-19,28,39H,20-27H2,1-3H3,(H,56,57)/t39-/m1/s1. The minimum absolute atomic E-state index is 0.0484. The zero-order valence-electron chi connectivity index (χ0n) is 34.4. The molecule has 12 nitrogen and oxygen atoms in total. The molecule has 1 fully saturated rings. The van der Waals surface area contributed by atoms with Crippen LogP contribution in [0.4, 0.5) is 4.39 Å². The summed E-state index contributed by atoms with van der Waals surface area (Å²) in [4.78, 5) is 37.2. The van der Waals surface area contributed by atoms with Crippen LogP contribution < -0.4 is 18.9 Å². The van der Waals surface area contributed by atoms with Gasteiger partial charge in [0.15, 0.2) is 5.82 Å². The van der Waals surface area contributed by atoms with Crippen molar-refractivity contribution in [1.29, 1.82) is 0 Å². The van der Waals surface area contributed by atoms with Gasteiger partial charge in [-0.2, -0.15) is 0 Å². The van der Waals surface area contributed by atoms with Crippen molar-refractivity contribution >= 4 is 39.1 Å². The van der Waals surface area contributed by atoms with Crippen molar-refractivity contribution < 1.29 is 33.2 Å². The van der Waals surface area contributed by atoms with Crippen LogP contribution in [0.1, 0.15) is 16.8 Å². The van der Waals surface area contributed by atoms with Gasteiger partial charge in [0.25, 0.3) is 0 Å². The van der Waals surface area contributed by atoms with E-state index in [0.717, 1.165) is 65.6 Å². The molecule has 0 bridgehead atoms. The molecule has 318 valence electrons. The number of rotatable bonds is 16. The van der Waals surface area contributed by atoms with Crippen LogP contribution in [0.3, 0.4) is 0 Å². The summed E-state index contributed by atoms with van der Waals surface area (Å²) in [5.41, 5.74) is 4.97. The Labute approximate surface area is 367 Å². The third-order valence-electron chi connectivity index (χ3n) is 10.8. The van der Waals surface area contributed by atoms with Crippen molar-refractivity contribution in [3.63, 3.8) is 0 Å². The average molecular weight is 875 g/mol. The number of carboxylic acids is 1. The maximum atomic E-state index is 14.2. The number of fused-ring (bicyclic) bond motifs is 1. The van der Waals surface area contributed by atoms with Gasteiger partial charge in [-0.05, 0) is 90.8 Å². The predicted octanol–water partition coefficient (Wildman–Crippen LogP) is 8.87. The fraction of sp³-hybridized carbons (Fsp3) is 0.255. The predicted molar refractivity (Wildman–Crippen MR) is 238 cm³/mol. The maximum absolute atomic E-state index is 14.2. The van der Waals surface area contributed by atoms with E-state index >= 15 is 0 Å². The Balaban J connectivity index is 1.07. The van der Waals surface area contributed by atoms with Gasteiger partial charge in [-0.1, -0.05) is 48.0 Å². The Hall–Kier alpha value is -6.19. The SMILES string of the molecule is COc1ccc(-c2nccc(COc3ccccc3C[C@@H](Oc3ncnc4sc(-c5ccc(F)cc5)c(-c5ccc(OCCN6CCN(C)CC6)c(Cl)c5C)c34)C(=O)O)n2)cc1. The zero-order chi connectivity index (χ0) is 43.2. The average Bonchev–Trinajstić information content (AvgIpc) is 3.68. The van der Waals surface area contributed by atoms with Crippen LogP contribution in [-0.4, -0.2) is 100 Å². The highest BCUT2D eigenvalue weighted by molar-refractivity contribution is 7.22. The lowest BCUT2D eigenvalue weighted by atomic mass is 9.96. The molecule has 1 atom stereocenters. The van der Waals surface area contributed by atoms with Crippen molar-refractivity contribution in [2.75, 3.05) is 53.5 Å². The summed E-state index contributed by atoms with van der Waals surface area (Å²) in [7, 11) is 3.74. The fourth-order valence-corrected chi connectivity index (χ4v) is 8.66. The van der Waals surface area contributed by atoms with E-state index in [1.54, 1.807) is 43.6 Å². The van der Waals surface area contributed by atoms with Crippen molar-refractivity contribution in [2.24, 2.45) is 0 Å². The van der Waals surface area contributed by atoms with Crippen molar-refractivity contribution in [2.45, 2.75) is 26.1 Å². The molecule has 7 aromatic rings. The number of likely N-dealkylation sites (N-methyl/N-ethyl adjacent to an activating group) is 1. The van der Waals surface area contributed by atoms with Gasteiger partial charge in [-0.3, -0.25) is 4.90 Å². The van der Waals surface area contributed by atoms with E-state index in [-0.39, 0.29) is 24.7 Å². The maximum Gasteiger partial charge on any atom is 0.345 e. The first-order valence-electron chi connectivity index (χ1n) is 20.1. The Morgan fingerprint density at radius 1 is 0.903 bits per heavy atom. The highest BCUT2D eigenvalue weighted by Gasteiger charge is 2.28. The second-order valence-electron chi connectivity index (χ2n) is 14.9. The van der Waals surface area contributed by atoms with Crippen molar-refractivity contribution in [1.82, 2.24) is 29.7 Å². The zero-order valence-corrected chi connectivity index (χ0v) is 36.0. The molecule has 1 aliphatic heterocycles. The third-order valence-corrected chi connectivity index (χ3v) is 12.4. The van der Waals surface area contributed by atoms with Crippen LogP contribution in [0.2, 0.25) is 5.02 Å². The van der Waals surface area contributed by atoms with E-state index in [2.05, 4.69) is 36.8 Å². The Bertz CT molecular complexity index is 2680. The summed E-state index contributed by atoms with van der Waals surface area (Å²) < 4.78 is 38.3. The molecule has 4 aromatic carbocycles.